The number of piperidine rings is 1. The summed E-state index contributed by atoms with van der Waals surface area (Å²) in [6.45, 7) is 0.0783. The molecule has 7 heteroatoms. The van der Waals surface area contributed by atoms with Crippen molar-refractivity contribution in [1.29, 1.82) is 0 Å². The van der Waals surface area contributed by atoms with Gasteiger partial charge >= 0.3 is 0 Å². The standard InChI is InChI=1S/C27H25F2N3O2/c1-31-25(34)22-19(6-3-8-21(22)26(31)9-4-10-26)20-7-2-5-17-15-18(16-30-23(17)20)24(33)32-13-11-27(28,29)12-14-32/h2-3,5-8,15-16H,4,9-14H2,1H3. The van der Waals surface area contributed by atoms with E-state index >= 15 is 0 Å². The van der Waals surface area contributed by atoms with Crippen LogP contribution in [0.5, 0.6) is 0 Å². The molecular formula is C27H25F2N3O2. The molecule has 2 aliphatic heterocycles. The van der Waals surface area contributed by atoms with Crippen molar-refractivity contribution in [2.75, 3.05) is 20.1 Å². The molecule has 174 valence electrons. The molecule has 0 atom stereocenters. The molecule has 1 aliphatic carbocycles. The third kappa shape index (κ3) is 2.99. The predicted octanol–water partition coefficient (Wildman–Crippen LogP) is 5.24. The Morgan fingerprint density at radius 2 is 1.71 bits per heavy atom. The number of halogens is 2. The minimum absolute atomic E-state index is 0.0380. The molecule has 0 bridgehead atoms. The molecule has 0 unspecified atom stereocenters. The van der Waals surface area contributed by atoms with Gasteiger partial charge < -0.3 is 9.80 Å². The molecule has 2 fully saturated rings. The summed E-state index contributed by atoms with van der Waals surface area (Å²) in [5, 5.41) is 0.778. The van der Waals surface area contributed by atoms with E-state index in [1.165, 1.54) is 11.1 Å². The molecule has 1 saturated heterocycles. The molecule has 1 saturated carbocycles. The first kappa shape index (κ1) is 21.2. The van der Waals surface area contributed by atoms with Crippen molar-refractivity contribution in [1.82, 2.24) is 14.8 Å². The number of likely N-dealkylation sites (tertiary alicyclic amines) is 1. The summed E-state index contributed by atoms with van der Waals surface area (Å²) in [4.78, 5) is 34.2. The molecule has 1 aromatic heterocycles. The van der Waals surface area contributed by atoms with E-state index < -0.39 is 5.92 Å². The quantitative estimate of drug-likeness (QED) is 0.525. The number of hydrogen-bond donors (Lipinski definition) is 0. The van der Waals surface area contributed by atoms with Gasteiger partial charge in [-0.25, -0.2) is 8.78 Å². The Labute approximate surface area is 196 Å². The molecule has 2 amide bonds. The van der Waals surface area contributed by atoms with Crippen molar-refractivity contribution in [2.24, 2.45) is 0 Å². The van der Waals surface area contributed by atoms with Gasteiger partial charge in [0.15, 0.2) is 0 Å². The lowest BCUT2D eigenvalue weighted by atomic mass is 9.71. The van der Waals surface area contributed by atoms with Crippen molar-refractivity contribution in [3.63, 3.8) is 0 Å². The Morgan fingerprint density at radius 3 is 2.41 bits per heavy atom. The summed E-state index contributed by atoms with van der Waals surface area (Å²) in [7, 11) is 1.89. The highest BCUT2D eigenvalue weighted by molar-refractivity contribution is 6.09. The molecule has 2 aromatic carbocycles. The van der Waals surface area contributed by atoms with E-state index in [1.54, 1.807) is 6.07 Å². The van der Waals surface area contributed by atoms with E-state index in [0.717, 1.165) is 46.9 Å². The van der Waals surface area contributed by atoms with Gasteiger partial charge in [-0.3, -0.25) is 14.6 Å². The third-order valence-electron chi connectivity index (χ3n) is 7.94. The third-order valence-corrected chi connectivity index (χ3v) is 7.94. The maximum absolute atomic E-state index is 13.5. The maximum Gasteiger partial charge on any atom is 0.255 e. The average Bonchev–Trinajstić information content (AvgIpc) is 3.05. The van der Waals surface area contributed by atoms with Crippen LogP contribution in [0, 0.1) is 0 Å². The molecule has 34 heavy (non-hydrogen) atoms. The lowest BCUT2D eigenvalue weighted by Gasteiger charge is -2.44. The summed E-state index contributed by atoms with van der Waals surface area (Å²) in [5.74, 6) is -2.94. The second-order valence-electron chi connectivity index (χ2n) is 9.73. The second kappa shape index (κ2) is 7.32. The topological polar surface area (TPSA) is 53.5 Å². The predicted molar refractivity (Wildman–Crippen MR) is 125 cm³/mol. The van der Waals surface area contributed by atoms with Crippen molar-refractivity contribution < 1.29 is 18.4 Å². The Balaban J connectivity index is 1.40. The van der Waals surface area contributed by atoms with Crippen LogP contribution in [-0.2, 0) is 5.54 Å². The van der Waals surface area contributed by atoms with Gasteiger partial charge in [-0.1, -0.05) is 36.4 Å². The van der Waals surface area contributed by atoms with Gasteiger partial charge in [0, 0.05) is 50.1 Å². The van der Waals surface area contributed by atoms with Gasteiger partial charge in [0.25, 0.3) is 17.7 Å². The number of carbonyl (C=O) groups excluding carboxylic acids is 2. The zero-order valence-corrected chi connectivity index (χ0v) is 19.0. The summed E-state index contributed by atoms with van der Waals surface area (Å²) < 4.78 is 27.0. The largest absolute Gasteiger partial charge is 0.338 e. The van der Waals surface area contributed by atoms with Crippen molar-refractivity contribution >= 4 is 22.7 Å². The van der Waals surface area contributed by atoms with E-state index in [1.807, 2.05) is 42.3 Å². The van der Waals surface area contributed by atoms with Crippen LogP contribution in [0.1, 0.15) is 58.4 Å². The van der Waals surface area contributed by atoms with Crippen LogP contribution in [0.3, 0.4) is 0 Å². The minimum Gasteiger partial charge on any atom is -0.338 e. The highest BCUT2D eigenvalue weighted by atomic mass is 19.3. The molecule has 3 aromatic rings. The van der Waals surface area contributed by atoms with Gasteiger partial charge in [0.2, 0.25) is 0 Å². The van der Waals surface area contributed by atoms with E-state index in [-0.39, 0.29) is 43.3 Å². The van der Waals surface area contributed by atoms with Gasteiger partial charge in [-0.2, -0.15) is 0 Å². The Bertz CT molecular complexity index is 1340. The van der Waals surface area contributed by atoms with E-state index in [4.69, 9.17) is 0 Å². The fourth-order valence-corrected chi connectivity index (χ4v) is 5.77. The summed E-state index contributed by atoms with van der Waals surface area (Å²) in [5.41, 5.74) is 4.45. The molecule has 0 N–H and O–H groups in total. The summed E-state index contributed by atoms with van der Waals surface area (Å²) >= 11 is 0. The zero-order valence-electron chi connectivity index (χ0n) is 19.0. The molecule has 0 radical (unpaired) electrons. The number of pyridine rings is 1. The highest BCUT2D eigenvalue weighted by Crippen LogP contribution is 2.53. The number of rotatable bonds is 2. The van der Waals surface area contributed by atoms with Crippen LogP contribution in [-0.4, -0.2) is 52.7 Å². The number of hydrogen-bond acceptors (Lipinski definition) is 3. The second-order valence-corrected chi connectivity index (χ2v) is 9.73. The zero-order chi connectivity index (χ0) is 23.7. The number of para-hydroxylation sites is 1. The minimum atomic E-state index is -2.70. The number of benzene rings is 2. The highest BCUT2D eigenvalue weighted by Gasteiger charge is 2.52. The smallest absolute Gasteiger partial charge is 0.255 e. The molecule has 5 nitrogen and oxygen atoms in total. The lowest BCUT2D eigenvalue weighted by molar-refractivity contribution is -0.0494. The number of fused-ring (bicyclic) bond motifs is 3. The number of nitrogens with zero attached hydrogens (tertiary/aromatic N) is 3. The van der Waals surface area contributed by atoms with Gasteiger partial charge in [0.1, 0.15) is 0 Å². The molecule has 1 spiro atoms. The number of carbonyl (C=O) groups is 2. The van der Waals surface area contributed by atoms with Gasteiger partial charge in [0.05, 0.1) is 22.2 Å². The first-order valence-electron chi connectivity index (χ1n) is 11.8. The Morgan fingerprint density at radius 1 is 1.00 bits per heavy atom. The van der Waals surface area contributed by atoms with Crippen LogP contribution >= 0.6 is 0 Å². The van der Waals surface area contributed by atoms with Crippen LogP contribution in [0.2, 0.25) is 0 Å². The number of amides is 2. The molecule has 3 heterocycles. The molecule has 6 rings (SSSR count). The van der Waals surface area contributed by atoms with E-state index in [9.17, 15) is 18.4 Å². The fourth-order valence-electron chi connectivity index (χ4n) is 5.77. The van der Waals surface area contributed by atoms with Crippen LogP contribution in [0.15, 0.2) is 48.7 Å². The fraction of sp³-hybridized carbons (Fsp3) is 0.370. The monoisotopic (exact) mass is 461 g/mol. The lowest BCUT2D eigenvalue weighted by Crippen LogP contribution is -2.46. The Hall–Kier alpha value is -3.35. The van der Waals surface area contributed by atoms with Crippen molar-refractivity contribution in [3.05, 3.63) is 65.4 Å². The summed E-state index contributed by atoms with van der Waals surface area (Å²) in [6.07, 6.45) is 3.97. The van der Waals surface area contributed by atoms with E-state index in [0.29, 0.717) is 11.1 Å². The van der Waals surface area contributed by atoms with Crippen LogP contribution < -0.4 is 0 Å². The van der Waals surface area contributed by atoms with Gasteiger partial charge in [-0.05, 0) is 36.5 Å². The van der Waals surface area contributed by atoms with Gasteiger partial charge in [-0.15, -0.1) is 0 Å². The SMILES string of the molecule is CN1C(=O)c2c(-c3cccc4cc(C(=O)N5CCC(F)(F)CC5)cnc34)cccc2C12CCC2. The number of aromatic nitrogens is 1. The van der Waals surface area contributed by atoms with Crippen molar-refractivity contribution in [2.45, 2.75) is 43.6 Å². The first-order valence-corrected chi connectivity index (χ1v) is 11.8. The number of alkyl halides is 2. The van der Waals surface area contributed by atoms with Crippen LogP contribution in [0.4, 0.5) is 8.78 Å². The molecular weight excluding hydrogens is 436 g/mol. The first-order chi connectivity index (χ1) is 16.3. The van der Waals surface area contributed by atoms with E-state index in [2.05, 4.69) is 11.1 Å². The maximum atomic E-state index is 13.5. The summed E-state index contributed by atoms with van der Waals surface area (Å²) in [6, 6.07) is 13.5. The average molecular weight is 462 g/mol. The Kier molecular flexibility index (Phi) is 4.57. The molecule has 3 aliphatic rings. The van der Waals surface area contributed by atoms with Crippen LogP contribution in [0.25, 0.3) is 22.0 Å². The van der Waals surface area contributed by atoms with Crippen molar-refractivity contribution in [3.8, 4) is 11.1 Å². The normalized spacial score (nSPS) is 20.5.